The topological polar surface area (TPSA) is 66.4 Å². The van der Waals surface area contributed by atoms with Crippen molar-refractivity contribution in [2.24, 2.45) is 5.92 Å². The largest absolute Gasteiger partial charge is 0.402 e. The highest BCUT2D eigenvalue weighted by molar-refractivity contribution is 7.91. The third-order valence-electron chi connectivity index (χ3n) is 2.42. The number of hydrogen-bond acceptors (Lipinski definition) is 4. The molecule has 2 N–H and O–H groups in total. The Hall–Kier alpha value is -0.560. The van der Waals surface area contributed by atoms with Gasteiger partial charge < -0.3 is 5.11 Å². The average molecular weight is 392 g/mol. The lowest BCUT2D eigenvalue weighted by atomic mass is 10.00. The Bertz CT molecular complexity index is 598. The average Bonchev–Trinajstić information content (AvgIpc) is 2.71. The molecule has 128 valence electrons. The van der Waals surface area contributed by atoms with Crippen LogP contribution in [0.15, 0.2) is 16.3 Å². The number of sulfonamides is 1. The molecule has 13 heteroatoms. The van der Waals surface area contributed by atoms with E-state index >= 15 is 0 Å². The van der Waals surface area contributed by atoms with Gasteiger partial charge in [0.15, 0.2) is 5.92 Å². The molecule has 1 heterocycles. The second-order valence-corrected chi connectivity index (χ2v) is 7.69. The zero-order chi connectivity index (χ0) is 17.3. The van der Waals surface area contributed by atoms with Gasteiger partial charge in [-0.1, -0.05) is 11.6 Å². The third-order valence-corrected chi connectivity index (χ3v) is 5.64. The molecule has 0 radical (unpaired) electrons. The highest BCUT2D eigenvalue weighted by Gasteiger charge is 2.60. The molecule has 1 rings (SSSR count). The van der Waals surface area contributed by atoms with E-state index in [4.69, 9.17) is 16.7 Å². The van der Waals surface area contributed by atoms with Crippen molar-refractivity contribution >= 4 is 33.0 Å². The van der Waals surface area contributed by atoms with Gasteiger partial charge in [-0.25, -0.2) is 13.1 Å². The summed E-state index contributed by atoms with van der Waals surface area (Å²) in [6.07, 6.45) is -11.6. The lowest BCUT2D eigenvalue weighted by molar-refractivity contribution is -0.292. The summed E-state index contributed by atoms with van der Waals surface area (Å²) in [6.45, 7) is -1.69. The number of aliphatic hydroxyl groups excluding tert-OH is 1. The van der Waals surface area contributed by atoms with Gasteiger partial charge >= 0.3 is 12.4 Å². The normalized spacial score (nSPS) is 15.3. The summed E-state index contributed by atoms with van der Waals surface area (Å²) in [5, 5.41) is 8.79. The minimum absolute atomic E-state index is 0.0240. The predicted molar refractivity (Wildman–Crippen MR) is 66.1 cm³/mol. The summed E-state index contributed by atoms with van der Waals surface area (Å²) in [5.41, 5.74) is 0. The van der Waals surface area contributed by atoms with Crippen molar-refractivity contribution in [3.63, 3.8) is 0 Å². The van der Waals surface area contributed by atoms with Gasteiger partial charge in [0, 0.05) is 0 Å². The maximum atomic E-state index is 12.6. The van der Waals surface area contributed by atoms with Crippen LogP contribution in [0.2, 0.25) is 4.34 Å². The Morgan fingerprint density at radius 1 is 1.18 bits per heavy atom. The fourth-order valence-electron chi connectivity index (χ4n) is 1.55. The number of rotatable bonds is 5. The van der Waals surface area contributed by atoms with E-state index in [-0.39, 0.29) is 4.34 Å². The number of aliphatic hydroxyl groups is 1. The van der Waals surface area contributed by atoms with Crippen molar-refractivity contribution in [2.45, 2.75) is 22.6 Å². The summed E-state index contributed by atoms with van der Waals surface area (Å²) < 4.78 is 99.5. The van der Waals surface area contributed by atoms with Gasteiger partial charge in [-0.3, -0.25) is 0 Å². The van der Waals surface area contributed by atoms with Crippen molar-refractivity contribution in [1.82, 2.24) is 4.72 Å². The molecule has 0 spiro atoms. The summed E-state index contributed by atoms with van der Waals surface area (Å²) >= 11 is 5.91. The molecule has 0 amide bonds. The second kappa shape index (κ2) is 6.51. The first kappa shape index (κ1) is 19.5. The van der Waals surface area contributed by atoms with Crippen molar-refractivity contribution in [3.05, 3.63) is 16.5 Å². The monoisotopic (exact) mass is 391 g/mol. The Balaban J connectivity index is 3.15. The fraction of sp³-hybridized carbons (Fsp3) is 0.556. The Labute approximate surface area is 129 Å². The van der Waals surface area contributed by atoms with E-state index in [0.717, 1.165) is 12.1 Å². The molecule has 0 saturated carbocycles. The molecule has 4 nitrogen and oxygen atoms in total. The predicted octanol–water partition coefficient (Wildman–Crippen LogP) is 2.78. The number of hydrogen-bond donors (Lipinski definition) is 2. The van der Waals surface area contributed by atoms with Gasteiger partial charge in [-0.15, -0.1) is 11.3 Å². The maximum Gasteiger partial charge on any atom is 0.402 e. The Morgan fingerprint density at radius 3 is 2.00 bits per heavy atom. The van der Waals surface area contributed by atoms with E-state index in [0.29, 0.717) is 11.3 Å². The molecule has 0 aliphatic rings. The molecule has 22 heavy (non-hydrogen) atoms. The molecule has 0 saturated heterocycles. The van der Waals surface area contributed by atoms with Crippen LogP contribution in [0.25, 0.3) is 0 Å². The molecule has 1 atom stereocenters. The van der Waals surface area contributed by atoms with Crippen molar-refractivity contribution in [1.29, 1.82) is 0 Å². The number of halogens is 7. The van der Waals surface area contributed by atoms with Crippen LogP contribution in [0.3, 0.4) is 0 Å². The molecular formula is C9H8ClF6NO3S2. The van der Waals surface area contributed by atoms with Gasteiger partial charge in [0.1, 0.15) is 4.21 Å². The van der Waals surface area contributed by atoms with E-state index in [1.165, 1.54) is 4.72 Å². The summed E-state index contributed by atoms with van der Waals surface area (Å²) in [7, 11) is -4.69. The number of nitrogens with one attached hydrogen (secondary N) is 1. The van der Waals surface area contributed by atoms with E-state index in [9.17, 15) is 34.8 Å². The van der Waals surface area contributed by atoms with E-state index in [1.54, 1.807) is 0 Å². The molecule has 0 fully saturated rings. The SMILES string of the molecule is O=S(=O)(N[C@@H](CO)C(C(F)(F)F)C(F)(F)F)c1ccc(Cl)s1. The van der Waals surface area contributed by atoms with Crippen LogP contribution in [0.5, 0.6) is 0 Å². The molecule has 0 aliphatic carbocycles. The zero-order valence-corrected chi connectivity index (χ0v) is 12.6. The highest BCUT2D eigenvalue weighted by Crippen LogP contribution is 2.41. The number of thiophene rings is 1. The summed E-state index contributed by atoms with van der Waals surface area (Å²) in [5.74, 6) is -4.05. The van der Waals surface area contributed by atoms with Crippen LogP contribution in [-0.2, 0) is 10.0 Å². The van der Waals surface area contributed by atoms with Crippen molar-refractivity contribution in [2.75, 3.05) is 6.61 Å². The molecule has 0 aromatic carbocycles. The van der Waals surface area contributed by atoms with Gasteiger partial charge in [-0.05, 0) is 12.1 Å². The second-order valence-electron chi connectivity index (χ2n) is 4.03. The first-order valence-electron chi connectivity index (χ1n) is 5.31. The highest BCUT2D eigenvalue weighted by atomic mass is 35.5. The molecule has 0 aliphatic heterocycles. The molecule has 0 unspecified atom stereocenters. The van der Waals surface area contributed by atoms with Gasteiger partial charge in [0.25, 0.3) is 0 Å². The van der Waals surface area contributed by atoms with E-state index < -0.39 is 45.2 Å². The Kier molecular flexibility index (Phi) is 5.77. The van der Waals surface area contributed by atoms with Crippen LogP contribution < -0.4 is 4.72 Å². The minimum Gasteiger partial charge on any atom is -0.395 e. The minimum atomic E-state index is -5.79. The van der Waals surface area contributed by atoms with Crippen LogP contribution in [0.1, 0.15) is 0 Å². The van der Waals surface area contributed by atoms with Gasteiger partial charge in [-0.2, -0.15) is 26.3 Å². The quantitative estimate of drug-likeness (QED) is 0.759. The summed E-state index contributed by atoms with van der Waals surface area (Å²) in [4.78, 5) is 0. The van der Waals surface area contributed by atoms with Crippen LogP contribution >= 0.6 is 22.9 Å². The molecule has 0 bridgehead atoms. The standard InChI is InChI=1S/C9H8ClF6NO3S2/c10-5-1-2-6(21-5)22(19,20)17-4(3-18)7(8(11,12)13)9(14,15)16/h1-2,4,7,17-18H,3H2/t4-/m0/s1. The lowest BCUT2D eigenvalue weighted by Gasteiger charge is -2.29. The maximum absolute atomic E-state index is 12.6. The van der Waals surface area contributed by atoms with E-state index in [2.05, 4.69) is 0 Å². The van der Waals surface area contributed by atoms with Crippen molar-refractivity contribution < 1.29 is 39.9 Å². The van der Waals surface area contributed by atoms with Crippen LogP contribution in [0.4, 0.5) is 26.3 Å². The van der Waals surface area contributed by atoms with Crippen LogP contribution in [0, 0.1) is 5.92 Å². The zero-order valence-electron chi connectivity index (χ0n) is 10.2. The molecule has 1 aromatic rings. The number of alkyl halides is 6. The Morgan fingerprint density at radius 2 is 1.68 bits per heavy atom. The third kappa shape index (κ3) is 4.72. The molecular weight excluding hydrogens is 384 g/mol. The fourth-order valence-corrected chi connectivity index (χ4v) is 4.29. The molecule has 1 aromatic heterocycles. The van der Waals surface area contributed by atoms with Crippen LogP contribution in [-0.4, -0.2) is 38.5 Å². The summed E-state index contributed by atoms with van der Waals surface area (Å²) in [6, 6.07) is -0.787. The lowest BCUT2D eigenvalue weighted by Crippen LogP contribution is -2.54. The van der Waals surface area contributed by atoms with E-state index in [1.807, 2.05) is 0 Å². The van der Waals surface area contributed by atoms with Crippen molar-refractivity contribution in [3.8, 4) is 0 Å². The first-order chi connectivity index (χ1) is 9.79. The van der Waals surface area contributed by atoms with Gasteiger partial charge in [0.2, 0.25) is 10.0 Å². The first-order valence-corrected chi connectivity index (χ1v) is 7.98. The van der Waals surface area contributed by atoms with Gasteiger partial charge in [0.05, 0.1) is 17.0 Å². The smallest absolute Gasteiger partial charge is 0.395 e.